The van der Waals surface area contributed by atoms with E-state index >= 15 is 0 Å². The van der Waals surface area contributed by atoms with Crippen molar-refractivity contribution in [2.24, 2.45) is 5.90 Å². The van der Waals surface area contributed by atoms with Crippen molar-refractivity contribution in [3.63, 3.8) is 0 Å². The van der Waals surface area contributed by atoms with E-state index in [2.05, 4.69) is 24.8 Å². The second kappa shape index (κ2) is 2.31. The molecule has 0 aliphatic heterocycles. The maximum absolute atomic E-state index is 5.35. The summed E-state index contributed by atoms with van der Waals surface area (Å²) in [5, 5.41) is 0. The standard InChI is InChI=1S/C5H6N6O/c6-5-10-3-2(8-1-9-3)4(11-5)12-7/h1H,7H2,(H3,6,8,9,10,11). The first-order valence-corrected chi connectivity index (χ1v) is 3.14. The number of H-pyrrole nitrogens is 1. The second-order valence-corrected chi connectivity index (χ2v) is 2.11. The second-order valence-electron chi connectivity index (χ2n) is 2.11. The zero-order chi connectivity index (χ0) is 8.55. The monoisotopic (exact) mass is 166 g/mol. The van der Waals surface area contributed by atoms with Crippen LogP contribution >= 0.6 is 0 Å². The fraction of sp³-hybridized carbons (Fsp3) is 0. The molecular formula is C5H6N6O. The molecule has 0 amide bonds. The molecule has 2 aromatic heterocycles. The Hall–Kier alpha value is -1.89. The van der Waals surface area contributed by atoms with Crippen LogP contribution in [0.15, 0.2) is 6.33 Å². The summed E-state index contributed by atoms with van der Waals surface area (Å²) in [7, 11) is 0. The Morgan fingerprint density at radius 1 is 1.42 bits per heavy atom. The smallest absolute Gasteiger partial charge is 0.268 e. The number of nitrogens with two attached hydrogens (primary N) is 2. The van der Waals surface area contributed by atoms with Crippen LogP contribution < -0.4 is 16.5 Å². The molecule has 0 aliphatic rings. The van der Waals surface area contributed by atoms with Gasteiger partial charge >= 0.3 is 0 Å². The van der Waals surface area contributed by atoms with E-state index in [1.165, 1.54) is 6.33 Å². The highest BCUT2D eigenvalue weighted by Crippen LogP contribution is 2.17. The Morgan fingerprint density at radius 3 is 3.00 bits per heavy atom. The quantitative estimate of drug-likeness (QED) is 0.477. The van der Waals surface area contributed by atoms with Crippen LogP contribution in [0.25, 0.3) is 11.2 Å². The van der Waals surface area contributed by atoms with E-state index in [4.69, 9.17) is 11.6 Å². The molecule has 0 aromatic carbocycles. The Kier molecular flexibility index (Phi) is 1.31. The lowest BCUT2D eigenvalue weighted by atomic mass is 10.5. The Morgan fingerprint density at radius 2 is 2.25 bits per heavy atom. The van der Waals surface area contributed by atoms with Crippen LogP contribution in [0.1, 0.15) is 0 Å². The SMILES string of the molecule is NOc1nc(N)nc2nc[nH]c12. The molecule has 7 nitrogen and oxygen atoms in total. The zero-order valence-corrected chi connectivity index (χ0v) is 5.98. The maximum atomic E-state index is 5.35. The molecule has 0 bridgehead atoms. The summed E-state index contributed by atoms with van der Waals surface area (Å²) in [5.41, 5.74) is 6.32. The minimum atomic E-state index is 0.0788. The van der Waals surface area contributed by atoms with Crippen molar-refractivity contribution in [3.05, 3.63) is 6.33 Å². The van der Waals surface area contributed by atoms with Crippen molar-refractivity contribution in [2.45, 2.75) is 0 Å². The minimum Gasteiger partial charge on any atom is -0.389 e. The summed E-state index contributed by atoms with van der Waals surface area (Å²) >= 11 is 0. The van der Waals surface area contributed by atoms with Gasteiger partial charge in [-0.05, 0) is 0 Å². The van der Waals surface area contributed by atoms with Gasteiger partial charge in [0.15, 0.2) is 11.2 Å². The lowest BCUT2D eigenvalue weighted by molar-refractivity contribution is 0.325. The van der Waals surface area contributed by atoms with Crippen LogP contribution in [0.2, 0.25) is 0 Å². The summed E-state index contributed by atoms with van der Waals surface area (Å²) in [6, 6.07) is 0. The van der Waals surface area contributed by atoms with E-state index in [9.17, 15) is 0 Å². The van der Waals surface area contributed by atoms with Gasteiger partial charge in [0.1, 0.15) is 0 Å². The highest BCUT2D eigenvalue weighted by Gasteiger charge is 2.07. The lowest BCUT2D eigenvalue weighted by Gasteiger charge is -1.98. The van der Waals surface area contributed by atoms with E-state index in [1.807, 2.05) is 0 Å². The number of nitrogens with one attached hydrogen (secondary N) is 1. The van der Waals surface area contributed by atoms with Gasteiger partial charge in [-0.1, -0.05) is 0 Å². The third-order valence-electron chi connectivity index (χ3n) is 1.38. The van der Waals surface area contributed by atoms with E-state index in [0.717, 1.165) is 0 Å². The van der Waals surface area contributed by atoms with Crippen molar-refractivity contribution in [2.75, 3.05) is 5.73 Å². The Balaban J connectivity index is 2.80. The Bertz CT molecular complexity index is 409. The summed E-state index contributed by atoms with van der Waals surface area (Å²) in [6.07, 6.45) is 1.46. The molecule has 0 radical (unpaired) electrons. The van der Waals surface area contributed by atoms with Gasteiger partial charge in [-0.3, -0.25) is 0 Å². The van der Waals surface area contributed by atoms with E-state index in [0.29, 0.717) is 11.2 Å². The first-order valence-electron chi connectivity index (χ1n) is 3.14. The van der Waals surface area contributed by atoms with Gasteiger partial charge in [0.25, 0.3) is 5.88 Å². The predicted octanol–water partition coefficient (Wildman–Crippen LogP) is -0.812. The highest BCUT2D eigenvalue weighted by atomic mass is 16.6. The van der Waals surface area contributed by atoms with Gasteiger partial charge in [-0.15, -0.1) is 0 Å². The van der Waals surface area contributed by atoms with Crippen LogP contribution in [0, 0.1) is 0 Å². The molecule has 5 N–H and O–H groups in total. The zero-order valence-electron chi connectivity index (χ0n) is 5.98. The molecular weight excluding hydrogens is 160 g/mol. The van der Waals surface area contributed by atoms with Crippen molar-refractivity contribution in [1.82, 2.24) is 19.9 Å². The lowest BCUT2D eigenvalue weighted by Crippen LogP contribution is -2.06. The summed E-state index contributed by atoms with van der Waals surface area (Å²) < 4.78 is 0. The average molecular weight is 166 g/mol. The maximum Gasteiger partial charge on any atom is 0.268 e. The highest BCUT2D eigenvalue weighted by molar-refractivity contribution is 5.76. The van der Waals surface area contributed by atoms with Crippen molar-refractivity contribution >= 4 is 17.1 Å². The van der Waals surface area contributed by atoms with Gasteiger partial charge < -0.3 is 15.6 Å². The van der Waals surface area contributed by atoms with Gasteiger partial charge in [0.05, 0.1) is 6.33 Å². The molecule has 0 aliphatic carbocycles. The van der Waals surface area contributed by atoms with E-state index in [-0.39, 0.29) is 11.8 Å². The molecule has 0 fully saturated rings. The van der Waals surface area contributed by atoms with Gasteiger partial charge in [0.2, 0.25) is 5.95 Å². The van der Waals surface area contributed by atoms with Crippen LogP contribution in [-0.4, -0.2) is 19.9 Å². The molecule has 2 heterocycles. The number of nitrogens with zero attached hydrogens (tertiary/aromatic N) is 3. The van der Waals surface area contributed by atoms with Crippen molar-refractivity contribution < 1.29 is 4.84 Å². The first kappa shape index (κ1) is 6.80. The van der Waals surface area contributed by atoms with Crippen LogP contribution in [0.5, 0.6) is 5.88 Å². The number of nitrogen functional groups attached to an aromatic ring is 1. The third-order valence-corrected chi connectivity index (χ3v) is 1.38. The number of imidazole rings is 1. The number of hydrogen-bond donors (Lipinski definition) is 3. The Labute approximate surface area is 66.7 Å². The number of anilines is 1. The molecule has 0 unspecified atom stereocenters. The van der Waals surface area contributed by atoms with Gasteiger partial charge in [0, 0.05) is 0 Å². The molecule has 12 heavy (non-hydrogen) atoms. The summed E-state index contributed by atoms with van der Waals surface area (Å²) in [6.45, 7) is 0. The molecule has 7 heteroatoms. The molecule has 2 aromatic rings. The fourth-order valence-corrected chi connectivity index (χ4v) is 0.908. The third kappa shape index (κ3) is 0.839. The number of hydrogen-bond acceptors (Lipinski definition) is 6. The van der Waals surface area contributed by atoms with E-state index < -0.39 is 0 Å². The molecule has 0 saturated heterocycles. The number of aromatic nitrogens is 4. The van der Waals surface area contributed by atoms with Crippen LogP contribution in [0.3, 0.4) is 0 Å². The topological polar surface area (TPSA) is 116 Å². The molecule has 0 spiro atoms. The van der Waals surface area contributed by atoms with Crippen molar-refractivity contribution in [3.8, 4) is 5.88 Å². The minimum absolute atomic E-state index is 0.0788. The fourth-order valence-electron chi connectivity index (χ4n) is 0.908. The molecule has 0 saturated carbocycles. The van der Waals surface area contributed by atoms with Gasteiger partial charge in [-0.2, -0.15) is 15.9 Å². The van der Waals surface area contributed by atoms with Gasteiger partial charge in [-0.25, -0.2) is 4.98 Å². The van der Waals surface area contributed by atoms with Crippen molar-refractivity contribution in [1.29, 1.82) is 0 Å². The summed E-state index contributed by atoms with van der Waals surface area (Å²) in [5.74, 6) is 5.22. The first-order chi connectivity index (χ1) is 5.81. The van der Waals surface area contributed by atoms with Crippen LogP contribution in [0.4, 0.5) is 5.95 Å². The number of rotatable bonds is 1. The predicted molar refractivity (Wildman–Crippen MR) is 40.9 cm³/mol. The normalized spacial score (nSPS) is 10.4. The summed E-state index contributed by atoms with van der Waals surface area (Å²) in [4.78, 5) is 18.7. The van der Waals surface area contributed by atoms with E-state index in [1.54, 1.807) is 0 Å². The average Bonchev–Trinajstić information content (AvgIpc) is 2.50. The molecule has 2 rings (SSSR count). The number of fused-ring (bicyclic) bond motifs is 1. The molecule has 62 valence electrons. The van der Waals surface area contributed by atoms with Crippen LogP contribution in [-0.2, 0) is 0 Å². The largest absolute Gasteiger partial charge is 0.389 e. The molecule has 0 atom stereocenters. The number of aromatic amines is 1.